The molecule has 6 N–H and O–H groups in total. The molecule has 1 amide bonds. The van der Waals surface area contributed by atoms with Gasteiger partial charge in [-0.25, -0.2) is 14.4 Å². The number of alkyl carbamates (subject to hydrolysis) is 1. The molecule has 280 valence electrons. The van der Waals surface area contributed by atoms with Gasteiger partial charge >= 0.3 is 18.0 Å². The number of esters is 2. The number of amides is 1. The fourth-order valence-electron chi connectivity index (χ4n) is 8.66. The number of fused-ring (bicyclic) bond motifs is 5. The van der Waals surface area contributed by atoms with Crippen molar-refractivity contribution in [3.05, 3.63) is 59.7 Å². The van der Waals surface area contributed by atoms with E-state index in [0.29, 0.717) is 0 Å². The van der Waals surface area contributed by atoms with Crippen molar-refractivity contribution in [2.75, 3.05) is 13.2 Å². The summed E-state index contributed by atoms with van der Waals surface area (Å²) in [6, 6.07) is 6.71. The summed E-state index contributed by atoms with van der Waals surface area (Å²) in [6.45, 7) is 12.3. The van der Waals surface area contributed by atoms with Crippen molar-refractivity contribution in [2.24, 2.45) is 22.7 Å². The SMILES string of the molecule is C=CCOC(=O)N[C@@H](C(C)C)[C@@H](O)C(=O)OC1C[C@@]2(O)[C@@H](OC(=O)c3ccccc3)[C@@H]3[C@]4(O)CO[C@@H]4C[C@H](O)[C@@]3(C)C(=O)[C@H](O)C(=C1C)C2(C)C. The highest BCUT2D eigenvalue weighted by Crippen LogP contribution is 2.63. The fraction of sp³-hybridized carbons (Fsp3) is 0.622. The number of carbonyl (C=O) groups excluding carboxylic acids is 4. The van der Waals surface area contributed by atoms with E-state index in [9.17, 15) is 44.7 Å². The molecule has 4 aliphatic rings. The summed E-state index contributed by atoms with van der Waals surface area (Å²) < 4.78 is 22.6. The minimum Gasteiger partial charge on any atom is -0.456 e. The number of hydrogen-bond acceptors (Lipinski definition) is 13. The zero-order valence-electron chi connectivity index (χ0n) is 29.7. The molecule has 1 aliphatic heterocycles. The average molecular weight is 716 g/mol. The zero-order valence-corrected chi connectivity index (χ0v) is 29.7. The van der Waals surface area contributed by atoms with Crippen molar-refractivity contribution < 1.29 is 63.7 Å². The average Bonchev–Trinajstić information content (AvgIpc) is 3.08. The van der Waals surface area contributed by atoms with Crippen LogP contribution in [0, 0.1) is 22.7 Å². The maximum Gasteiger partial charge on any atom is 0.407 e. The molecule has 3 aliphatic carbocycles. The second-order valence-corrected chi connectivity index (χ2v) is 15.3. The third kappa shape index (κ3) is 6.09. The van der Waals surface area contributed by atoms with Crippen molar-refractivity contribution in [1.29, 1.82) is 0 Å². The largest absolute Gasteiger partial charge is 0.456 e. The summed E-state index contributed by atoms with van der Waals surface area (Å²) >= 11 is 0. The first-order valence-corrected chi connectivity index (χ1v) is 17.1. The van der Waals surface area contributed by atoms with Gasteiger partial charge in [-0.15, -0.1) is 0 Å². The molecule has 1 heterocycles. The highest BCUT2D eigenvalue weighted by atomic mass is 16.6. The second-order valence-electron chi connectivity index (χ2n) is 15.3. The normalized spacial score (nSPS) is 36.6. The molecule has 1 saturated heterocycles. The molecule has 0 aromatic heterocycles. The maximum atomic E-state index is 14.6. The van der Waals surface area contributed by atoms with Crippen LogP contribution in [0.5, 0.6) is 0 Å². The van der Waals surface area contributed by atoms with Crippen LogP contribution in [0.25, 0.3) is 0 Å². The Hall–Kier alpha value is -3.66. The van der Waals surface area contributed by atoms with Gasteiger partial charge in [-0.2, -0.15) is 0 Å². The lowest BCUT2D eigenvalue weighted by atomic mass is 9.44. The molecule has 1 aromatic carbocycles. The Bertz CT molecular complexity index is 1590. The third-order valence-corrected chi connectivity index (χ3v) is 11.8. The second kappa shape index (κ2) is 13.7. The molecule has 1 unspecified atom stereocenters. The number of hydrogen-bond donors (Lipinski definition) is 6. The first-order valence-electron chi connectivity index (χ1n) is 17.1. The lowest BCUT2D eigenvalue weighted by molar-refractivity contribution is -0.343. The van der Waals surface area contributed by atoms with Crippen molar-refractivity contribution >= 4 is 23.8 Å². The van der Waals surface area contributed by atoms with Crippen molar-refractivity contribution in [2.45, 2.75) is 108 Å². The smallest absolute Gasteiger partial charge is 0.407 e. The van der Waals surface area contributed by atoms with Crippen LogP contribution in [0.15, 0.2) is 54.1 Å². The quantitative estimate of drug-likeness (QED) is 0.121. The van der Waals surface area contributed by atoms with E-state index in [1.54, 1.807) is 45.9 Å². The third-order valence-electron chi connectivity index (χ3n) is 11.8. The molecule has 3 fully saturated rings. The molecule has 51 heavy (non-hydrogen) atoms. The summed E-state index contributed by atoms with van der Waals surface area (Å²) in [6.07, 6.45) is -9.70. The van der Waals surface area contributed by atoms with E-state index in [4.69, 9.17) is 18.9 Å². The van der Waals surface area contributed by atoms with Crippen LogP contribution in [-0.4, -0.2) is 116 Å². The van der Waals surface area contributed by atoms with Gasteiger partial charge in [0, 0.05) is 24.2 Å². The van der Waals surface area contributed by atoms with Gasteiger partial charge in [0.1, 0.15) is 36.1 Å². The monoisotopic (exact) mass is 715 g/mol. The van der Waals surface area contributed by atoms with Crippen LogP contribution in [-0.2, 0) is 28.5 Å². The standard InChI is InChI=1S/C37H49NO13/c1-8-14-48-33(45)38-25(18(2)3)27(41)32(44)50-21-16-37(47)30(51-31(43)20-12-10-9-11-13-20)28-35(7,22(39)15-23-36(28,46)17-49-23)29(42)26(40)24(19(21)4)34(37,5)6/h8-13,18,21-23,25-28,30,39-41,46-47H,1,14-17H2,2-7H3,(H,38,45)/t21?,22-,23+,25-,26+,27+,28-,30-,35+,36-,37+/m0/s1. The Balaban J connectivity index is 1.63. The minimum absolute atomic E-state index is 0.0355. The van der Waals surface area contributed by atoms with Crippen LogP contribution >= 0.6 is 0 Å². The number of aliphatic hydroxyl groups excluding tert-OH is 3. The Morgan fingerprint density at radius 3 is 2.31 bits per heavy atom. The molecule has 2 bridgehead atoms. The first kappa shape index (κ1) is 38.6. The van der Waals surface area contributed by atoms with E-state index in [2.05, 4.69) is 11.9 Å². The number of ether oxygens (including phenoxy) is 4. The van der Waals surface area contributed by atoms with Gasteiger partial charge in [0.2, 0.25) is 0 Å². The molecule has 1 aromatic rings. The van der Waals surface area contributed by atoms with Crippen LogP contribution in [0.3, 0.4) is 0 Å². The molecule has 11 atom stereocenters. The van der Waals surface area contributed by atoms with Crippen LogP contribution in [0.4, 0.5) is 4.79 Å². The van der Waals surface area contributed by atoms with Gasteiger partial charge in [-0.05, 0) is 43.0 Å². The van der Waals surface area contributed by atoms with Gasteiger partial charge in [0.05, 0.1) is 35.8 Å². The Morgan fingerprint density at radius 1 is 1.10 bits per heavy atom. The van der Waals surface area contributed by atoms with E-state index in [-0.39, 0.29) is 36.3 Å². The lowest BCUT2D eigenvalue weighted by Gasteiger charge is -2.66. The number of ketones is 1. The van der Waals surface area contributed by atoms with E-state index >= 15 is 0 Å². The van der Waals surface area contributed by atoms with E-state index < -0.39 is 107 Å². The van der Waals surface area contributed by atoms with Gasteiger partial charge in [-0.3, -0.25) is 4.79 Å². The summed E-state index contributed by atoms with van der Waals surface area (Å²) in [5, 5.41) is 62.4. The predicted octanol–water partition coefficient (Wildman–Crippen LogP) is 1.36. The number of carbonyl (C=O) groups is 4. The molecule has 5 rings (SSSR count). The molecule has 14 nitrogen and oxygen atoms in total. The molecule has 0 spiro atoms. The molecular formula is C37H49NO13. The Morgan fingerprint density at radius 2 is 1.75 bits per heavy atom. The van der Waals surface area contributed by atoms with Gasteiger partial charge < -0.3 is 49.8 Å². The van der Waals surface area contributed by atoms with E-state index in [1.165, 1.54) is 32.1 Å². The molecular weight excluding hydrogens is 666 g/mol. The Labute approximate surface area is 296 Å². The molecule has 14 heteroatoms. The number of Topliss-reactive ketones (excluding diaryl/α,β-unsaturated/α-hetero) is 1. The van der Waals surface area contributed by atoms with Crippen molar-refractivity contribution in [3.63, 3.8) is 0 Å². The van der Waals surface area contributed by atoms with Crippen LogP contribution < -0.4 is 5.32 Å². The highest BCUT2D eigenvalue weighted by molar-refractivity contribution is 5.94. The molecule has 0 radical (unpaired) electrons. The maximum absolute atomic E-state index is 14.6. The Kier molecular flexibility index (Phi) is 10.4. The van der Waals surface area contributed by atoms with E-state index in [1.807, 2.05) is 0 Å². The van der Waals surface area contributed by atoms with Gasteiger partial charge in [-0.1, -0.05) is 58.5 Å². The summed E-state index contributed by atoms with van der Waals surface area (Å²) in [7, 11) is 0. The van der Waals surface area contributed by atoms with Crippen molar-refractivity contribution in [3.8, 4) is 0 Å². The number of aliphatic hydroxyl groups is 5. The summed E-state index contributed by atoms with van der Waals surface area (Å²) in [4.78, 5) is 54.3. The zero-order chi connectivity index (χ0) is 37.8. The van der Waals surface area contributed by atoms with Gasteiger partial charge in [0.15, 0.2) is 11.9 Å². The molecule has 2 saturated carbocycles. The highest BCUT2D eigenvalue weighted by Gasteiger charge is 2.76. The number of rotatable bonds is 9. The summed E-state index contributed by atoms with van der Waals surface area (Å²) in [5.74, 6) is -4.98. The predicted molar refractivity (Wildman–Crippen MR) is 179 cm³/mol. The fourth-order valence-corrected chi connectivity index (χ4v) is 8.66. The van der Waals surface area contributed by atoms with Crippen LogP contribution in [0.2, 0.25) is 0 Å². The summed E-state index contributed by atoms with van der Waals surface area (Å²) in [5.41, 5.74) is -7.45. The number of nitrogens with one attached hydrogen (secondary N) is 1. The van der Waals surface area contributed by atoms with Crippen molar-refractivity contribution in [1.82, 2.24) is 5.32 Å². The lowest BCUT2D eigenvalue weighted by Crippen LogP contribution is -2.81. The van der Waals surface area contributed by atoms with Gasteiger partial charge in [0.25, 0.3) is 0 Å². The topological polar surface area (TPSA) is 218 Å². The minimum atomic E-state index is -2.28. The van der Waals surface area contributed by atoms with Crippen LogP contribution in [0.1, 0.15) is 64.7 Å². The first-order chi connectivity index (χ1) is 23.8. The number of benzene rings is 1. The van der Waals surface area contributed by atoms with E-state index in [0.717, 1.165) is 0 Å².